The van der Waals surface area contributed by atoms with E-state index in [4.69, 9.17) is 0 Å². The van der Waals surface area contributed by atoms with Crippen molar-refractivity contribution < 1.29 is 0 Å². The highest BCUT2D eigenvalue weighted by Crippen LogP contribution is 2.38. The van der Waals surface area contributed by atoms with Gasteiger partial charge in [0, 0.05) is 17.8 Å². The lowest BCUT2D eigenvalue weighted by Gasteiger charge is -2.27. The Kier molecular flexibility index (Phi) is 3.75. The van der Waals surface area contributed by atoms with Gasteiger partial charge in [-0.25, -0.2) is 4.98 Å². The van der Waals surface area contributed by atoms with E-state index in [9.17, 15) is 0 Å². The Hall–Kier alpha value is -1.77. The van der Waals surface area contributed by atoms with Crippen molar-refractivity contribution in [2.75, 3.05) is 5.32 Å². The summed E-state index contributed by atoms with van der Waals surface area (Å²) in [6.45, 7) is 6.59. The van der Waals surface area contributed by atoms with Gasteiger partial charge in [0.05, 0.1) is 5.69 Å². The lowest BCUT2D eigenvalue weighted by Crippen LogP contribution is -2.32. The number of rotatable bonds is 6. The zero-order chi connectivity index (χ0) is 14.9. The average Bonchev–Trinajstić information content (AvgIpc) is 3.22. The van der Waals surface area contributed by atoms with E-state index in [0.29, 0.717) is 6.04 Å². The van der Waals surface area contributed by atoms with E-state index >= 15 is 0 Å². The molecule has 1 fully saturated rings. The Bertz CT molecular complexity index is 594. The predicted molar refractivity (Wildman–Crippen MR) is 87.7 cm³/mol. The predicted octanol–water partition coefficient (Wildman–Crippen LogP) is 4.35. The quantitative estimate of drug-likeness (QED) is 0.854. The average molecular weight is 283 g/mol. The molecule has 0 amide bonds. The van der Waals surface area contributed by atoms with Crippen molar-refractivity contribution in [2.24, 2.45) is 0 Å². The first kappa shape index (κ1) is 14.2. The number of aryl methyl sites for hydroxylation is 2. The summed E-state index contributed by atoms with van der Waals surface area (Å²) in [6, 6.07) is 11.4. The fourth-order valence-electron chi connectivity index (χ4n) is 2.71. The van der Waals surface area contributed by atoms with Crippen LogP contribution in [0.15, 0.2) is 36.5 Å². The molecule has 0 unspecified atom stereocenters. The number of hydrogen-bond donors (Lipinski definition) is 1. The Morgan fingerprint density at radius 1 is 1.24 bits per heavy atom. The first-order valence-electron chi connectivity index (χ1n) is 7.91. The largest absolute Gasteiger partial charge is 0.351 e. The molecule has 1 saturated carbocycles. The lowest BCUT2D eigenvalue weighted by molar-refractivity contribution is 0.509. The summed E-state index contributed by atoms with van der Waals surface area (Å²) in [5, 5.41) is 3.65. The van der Waals surface area contributed by atoms with E-state index in [1.54, 1.807) is 0 Å². The van der Waals surface area contributed by atoms with Gasteiger partial charge in [-0.15, -0.1) is 0 Å². The van der Waals surface area contributed by atoms with Crippen LogP contribution in [0.2, 0.25) is 0 Å². The molecular weight excluding hydrogens is 258 g/mol. The second kappa shape index (κ2) is 5.55. The van der Waals surface area contributed by atoms with Crippen LogP contribution in [0.4, 0.5) is 5.95 Å². The van der Waals surface area contributed by atoms with E-state index in [1.807, 2.05) is 0 Å². The molecule has 21 heavy (non-hydrogen) atoms. The van der Waals surface area contributed by atoms with E-state index in [1.165, 1.54) is 18.4 Å². The zero-order valence-electron chi connectivity index (χ0n) is 13.3. The van der Waals surface area contributed by atoms with Gasteiger partial charge < -0.3 is 9.88 Å². The molecule has 112 valence electrons. The SMILES string of the molecule is Cc1cn(C2CC2)c(NC(C)(C)CCc2ccccc2)n1. The second-order valence-corrected chi connectivity index (χ2v) is 6.84. The lowest BCUT2D eigenvalue weighted by atomic mass is 9.95. The summed E-state index contributed by atoms with van der Waals surface area (Å²) in [6.07, 6.45) is 6.93. The molecule has 1 aliphatic rings. The van der Waals surface area contributed by atoms with Gasteiger partial charge in [-0.1, -0.05) is 30.3 Å². The number of aromatic nitrogens is 2. The number of nitrogens with one attached hydrogen (secondary N) is 1. The standard InChI is InChI=1S/C18H25N3/c1-14-13-21(16-9-10-16)17(19-14)20-18(2,3)12-11-15-7-5-4-6-8-15/h4-8,13,16H,9-12H2,1-3H3,(H,19,20). The van der Waals surface area contributed by atoms with Gasteiger partial charge in [-0.2, -0.15) is 0 Å². The van der Waals surface area contributed by atoms with E-state index < -0.39 is 0 Å². The van der Waals surface area contributed by atoms with E-state index in [2.05, 4.69) is 72.2 Å². The minimum Gasteiger partial charge on any atom is -0.351 e. The van der Waals surface area contributed by atoms with E-state index in [0.717, 1.165) is 24.5 Å². The van der Waals surface area contributed by atoms with Crippen LogP contribution in [0.25, 0.3) is 0 Å². The van der Waals surface area contributed by atoms with Gasteiger partial charge in [0.25, 0.3) is 0 Å². The highest BCUT2D eigenvalue weighted by Gasteiger charge is 2.28. The van der Waals surface area contributed by atoms with Crippen LogP contribution in [0.3, 0.4) is 0 Å². The third-order valence-corrected chi connectivity index (χ3v) is 4.12. The van der Waals surface area contributed by atoms with Crippen LogP contribution in [0, 0.1) is 6.92 Å². The summed E-state index contributed by atoms with van der Waals surface area (Å²) >= 11 is 0. The van der Waals surface area contributed by atoms with Gasteiger partial charge in [-0.3, -0.25) is 0 Å². The maximum atomic E-state index is 4.66. The maximum absolute atomic E-state index is 4.66. The molecule has 1 N–H and O–H groups in total. The van der Waals surface area contributed by atoms with Crippen molar-refractivity contribution in [3.63, 3.8) is 0 Å². The monoisotopic (exact) mass is 283 g/mol. The van der Waals surface area contributed by atoms with Crippen molar-refractivity contribution in [1.82, 2.24) is 9.55 Å². The Labute approximate surface area is 127 Å². The highest BCUT2D eigenvalue weighted by molar-refractivity contribution is 5.34. The molecule has 1 heterocycles. The summed E-state index contributed by atoms with van der Waals surface area (Å²) in [7, 11) is 0. The van der Waals surface area contributed by atoms with Crippen LogP contribution in [0.1, 0.15) is 50.4 Å². The fourth-order valence-corrected chi connectivity index (χ4v) is 2.71. The van der Waals surface area contributed by atoms with Crippen molar-refractivity contribution in [1.29, 1.82) is 0 Å². The van der Waals surface area contributed by atoms with Crippen LogP contribution in [-0.4, -0.2) is 15.1 Å². The molecule has 3 rings (SSSR count). The van der Waals surface area contributed by atoms with Gasteiger partial charge in [0.2, 0.25) is 5.95 Å². The Balaban J connectivity index is 1.65. The summed E-state index contributed by atoms with van der Waals surface area (Å²) in [5.41, 5.74) is 2.54. The molecule has 0 spiro atoms. The zero-order valence-corrected chi connectivity index (χ0v) is 13.3. The summed E-state index contributed by atoms with van der Waals surface area (Å²) in [4.78, 5) is 4.66. The smallest absolute Gasteiger partial charge is 0.203 e. The highest BCUT2D eigenvalue weighted by atomic mass is 15.2. The third kappa shape index (κ3) is 3.66. The third-order valence-electron chi connectivity index (χ3n) is 4.12. The number of imidazole rings is 1. The molecule has 0 atom stereocenters. The first-order valence-corrected chi connectivity index (χ1v) is 7.91. The maximum Gasteiger partial charge on any atom is 0.203 e. The molecule has 3 heteroatoms. The van der Waals surface area contributed by atoms with Crippen LogP contribution < -0.4 is 5.32 Å². The van der Waals surface area contributed by atoms with Gasteiger partial charge >= 0.3 is 0 Å². The summed E-state index contributed by atoms with van der Waals surface area (Å²) < 4.78 is 2.32. The molecule has 1 aromatic heterocycles. The van der Waals surface area contributed by atoms with Crippen LogP contribution in [-0.2, 0) is 6.42 Å². The van der Waals surface area contributed by atoms with Crippen molar-refractivity contribution in [2.45, 2.75) is 58.0 Å². The molecule has 0 bridgehead atoms. The number of nitrogens with zero attached hydrogens (tertiary/aromatic N) is 2. The molecule has 1 aromatic carbocycles. The van der Waals surface area contributed by atoms with Crippen molar-refractivity contribution in [3.05, 3.63) is 47.8 Å². The number of anilines is 1. The minimum atomic E-state index is 0.0419. The number of hydrogen-bond acceptors (Lipinski definition) is 2. The second-order valence-electron chi connectivity index (χ2n) is 6.84. The molecule has 0 aliphatic heterocycles. The van der Waals surface area contributed by atoms with E-state index in [-0.39, 0.29) is 5.54 Å². The minimum absolute atomic E-state index is 0.0419. The molecule has 2 aromatic rings. The summed E-state index contributed by atoms with van der Waals surface area (Å²) in [5.74, 6) is 1.04. The fraction of sp³-hybridized carbons (Fsp3) is 0.500. The number of benzene rings is 1. The molecular formula is C18H25N3. The Morgan fingerprint density at radius 2 is 1.95 bits per heavy atom. The van der Waals surface area contributed by atoms with Crippen LogP contribution >= 0.6 is 0 Å². The molecule has 0 radical (unpaired) electrons. The van der Waals surface area contributed by atoms with Gasteiger partial charge in [0.15, 0.2) is 0 Å². The molecule has 0 saturated heterocycles. The van der Waals surface area contributed by atoms with Gasteiger partial charge in [-0.05, 0) is 52.0 Å². The molecule has 1 aliphatic carbocycles. The van der Waals surface area contributed by atoms with Crippen molar-refractivity contribution in [3.8, 4) is 0 Å². The topological polar surface area (TPSA) is 29.9 Å². The van der Waals surface area contributed by atoms with Crippen molar-refractivity contribution >= 4 is 5.95 Å². The normalized spacial score (nSPS) is 15.2. The Morgan fingerprint density at radius 3 is 2.62 bits per heavy atom. The van der Waals surface area contributed by atoms with Crippen LogP contribution in [0.5, 0.6) is 0 Å². The van der Waals surface area contributed by atoms with Gasteiger partial charge in [0.1, 0.15) is 0 Å². The first-order chi connectivity index (χ1) is 10.0. The molecule has 3 nitrogen and oxygen atoms in total.